The third-order valence-electron chi connectivity index (χ3n) is 3.22. The molecule has 0 saturated carbocycles. The lowest BCUT2D eigenvalue weighted by atomic mass is 10.1. The monoisotopic (exact) mass is 262 g/mol. The van der Waals surface area contributed by atoms with Gasteiger partial charge in [-0.2, -0.15) is 0 Å². The van der Waals surface area contributed by atoms with Gasteiger partial charge in [0.1, 0.15) is 11.5 Å². The summed E-state index contributed by atoms with van der Waals surface area (Å²) in [5, 5.41) is 2.33. The van der Waals surface area contributed by atoms with Gasteiger partial charge >= 0.3 is 0 Å². The molecule has 20 heavy (non-hydrogen) atoms. The molecule has 0 amide bonds. The number of hydrogen-bond donors (Lipinski definition) is 0. The normalized spacial score (nSPS) is 10.4. The number of Topliss-reactive ketones (excluding diaryl/α,β-unsaturated/α-hetero) is 1. The molecule has 0 heterocycles. The molecule has 3 aromatic rings. The summed E-state index contributed by atoms with van der Waals surface area (Å²) in [4.78, 5) is 11.2. The fourth-order valence-electron chi connectivity index (χ4n) is 2.12. The van der Waals surface area contributed by atoms with Crippen molar-refractivity contribution in [1.29, 1.82) is 0 Å². The second-order valence-corrected chi connectivity index (χ2v) is 4.69. The SMILES string of the molecule is CC(=O)c1ccc(Oc2ccc3ccccc3c2)cc1. The highest BCUT2D eigenvalue weighted by Crippen LogP contribution is 2.25. The zero-order chi connectivity index (χ0) is 13.9. The molecule has 0 unspecified atom stereocenters. The molecule has 98 valence electrons. The molecule has 0 spiro atoms. The molecule has 0 aliphatic rings. The Morgan fingerprint density at radius 3 is 2.15 bits per heavy atom. The fourth-order valence-corrected chi connectivity index (χ4v) is 2.12. The summed E-state index contributed by atoms with van der Waals surface area (Å²) in [7, 11) is 0. The van der Waals surface area contributed by atoms with Crippen molar-refractivity contribution in [2.45, 2.75) is 6.92 Å². The molecule has 2 nitrogen and oxygen atoms in total. The van der Waals surface area contributed by atoms with Gasteiger partial charge in [0.15, 0.2) is 5.78 Å². The molecule has 3 aromatic carbocycles. The van der Waals surface area contributed by atoms with Crippen molar-refractivity contribution in [2.24, 2.45) is 0 Å². The fraction of sp³-hybridized carbons (Fsp3) is 0.0556. The predicted octanol–water partition coefficient (Wildman–Crippen LogP) is 4.83. The van der Waals surface area contributed by atoms with Gasteiger partial charge in [0.05, 0.1) is 0 Å². The second kappa shape index (κ2) is 5.17. The first kappa shape index (κ1) is 12.4. The molecule has 0 saturated heterocycles. The van der Waals surface area contributed by atoms with E-state index in [4.69, 9.17) is 4.74 Å². The summed E-state index contributed by atoms with van der Waals surface area (Å²) < 4.78 is 5.81. The number of hydrogen-bond acceptors (Lipinski definition) is 2. The molecule has 0 bridgehead atoms. The summed E-state index contributed by atoms with van der Waals surface area (Å²) in [5.74, 6) is 1.58. The van der Waals surface area contributed by atoms with Crippen LogP contribution in [-0.2, 0) is 0 Å². The molecule has 0 N–H and O–H groups in total. The van der Waals surface area contributed by atoms with E-state index in [0.717, 1.165) is 16.9 Å². The Morgan fingerprint density at radius 1 is 0.800 bits per heavy atom. The lowest BCUT2D eigenvalue weighted by Crippen LogP contribution is -1.91. The van der Waals surface area contributed by atoms with Crippen LogP contribution in [0.25, 0.3) is 10.8 Å². The second-order valence-electron chi connectivity index (χ2n) is 4.69. The lowest BCUT2D eigenvalue weighted by molar-refractivity contribution is 0.101. The van der Waals surface area contributed by atoms with Crippen molar-refractivity contribution in [1.82, 2.24) is 0 Å². The van der Waals surface area contributed by atoms with E-state index in [0.29, 0.717) is 5.56 Å². The smallest absolute Gasteiger partial charge is 0.159 e. The van der Waals surface area contributed by atoms with E-state index in [2.05, 4.69) is 12.1 Å². The van der Waals surface area contributed by atoms with Gasteiger partial charge in [0.25, 0.3) is 0 Å². The molecule has 0 aliphatic carbocycles. The molecule has 0 aliphatic heterocycles. The molecule has 0 fully saturated rings. The number of carbonyl (C=O) groups excluding carboxylic acids is 1. The standard InChI is InChI=1S/C18H14O2/c1-13(19)14-6-9-17(10-7-14)20-18-11-8-15-4-2-3-5-16(15)12-18/h2-12H,1H3. The van der Waals surface area contributed by atoms with Crippen LogP contribution in [0.3, 0.4) is 0 Å². The number of ether oxygens (including phenoxy) is 1. The van der Waals surface area contributed by atoms with Gasteiger partial charge in [-0.05, 0) is 54.1 Å². The minimum atomic E-state index is 0.0576. The zero-order valence-corrected chi connectivity index (χ0v) is 11.2. The Balaban J connectivity index is 1.87. The highest BCUT2D eigenvalue weighted by atomic mass is 16.5. The third kappa shape index (κ3) is 2.54. The maximum absolute atomic E-state index is 11.2. The van der Waals surface area contributed by atoms with Gasteiger partial charge in [0, 0.05) is 5.56 Å². The van der Waals surface area contributed by atoms with Crippen LogP contribution in [0.15, 0.2) is 66.7 Å². The van der Waals surface area contributed by atoms with Crippen LogP contribution in [0.2, 0.25) is 0 Å². The number of carbonyl (C=O) groups is 1. The number of fused-ring (bicyclic) bond motifs is 1. The zero-order valence-electron chi connectivity index (χ0n) is 11.2. The van der Waals surface area contributed by atoms with Gasteiger partial charge in [-0.15, -0.1) is 0 Å². The van der Waals surface area contributed by atoms with E-state index in [1.54, 1.807) is 19.1 Å². The van der Waals surface area contributed by atoms with Crippen LogP contribution >= 0.6 is 0 Å². The first-order valence-electron chi connectivity index (χ1n) is 6.50. The topological polar surface area (TPSA) is 26.3 Å². The third-order valence-corrected chi connectivity index (χ3v) is 3.22. The molecule has 0 aromatic heterocycles. The van der Waals surface area contributed by atoms with Gasteiger partial charge in [-0.3, -0.25) is 4.79 Å². The Bertz CT molecular complexity index is 758. The first-order valence-corrected chi connectivity index (χ1v) is 6.50. The van der Waals surface area contributed by atoms with Gasteiger partial charge in [0.2, 0.25) is 0 Å². The van der Waals surface area contributed by atoms with E-state index in [1.807, 2.05) is 42.5 Å². The van der Waals surface area contributed by atoms with Crippen molar-refractivity contribution in [3.8, 4) is 11.5 Å². The minimum absolute atomic E-state index is 0.0576. The Morgan fingerprint density at radius 2 is 1.45 bits per heavy atom. The van der Waals surface area contributed by atoms with Crippen molar-refractivity contribution in [3.05, 3.63) is 72.3 Å². The van der Waals surface area contributed by atoms with Crippen LogP contribution in [-0.4, -0.2) is 5.78 Å². The van der Waals surface area contributed by atoms with Crippen LogP contribution in [0.4, 0.5) is 0 Å². The Hall–Kier alpha value is -2.61. The highest BCUT2D eigenvalue weighted by Gasteiger charge is 2.02. The van der Waals surface area contributed by atoms with Gasteiger partial charge in [-0.25, -0.2) is 0 Å². The molecule has 3 rings (SSSR count). The molecular weight excluding hydrogens is 248 g/mol. The quantitative estimate of drug-likeness (QED) is 0.632. The van der Waals surface area contributed by atoms with Crippen LogP contribution in [0.1, 0.15) is 17.3 Å². The number of ketones is 1. The Kier molecular flexibility index (Phi) is 3.21. The van der Waals surface area contributed by atoms with Crippen molar-refractivity contribution < 1.29 is 9.53 Å². The van der Waals surface area contributed by atoms with E-state index in [9.17, 15) is 4.79 Å². The summed E-state index contributed by atoms with van der Waals surface area (Å²) in [6.45, 7) is 1.55. The summed E-state index contributed by atoms with van der Waals surface area (Å²) in [5.41, 5.74) is 0.691. The maximum atomic E-state index is 11.2. The van der Waals surface area contributed by atoms with Crippen LogP contribution in [0, 0.1) is 0 Å². The molecule has 2 heteroatoms. The van der Waals surface area contributed by atoms with Crippen molar-refractivity contribution in [2.75, 3.05) is 0 Å². The van der Waals surface area contributed by atoms with Crippen molar-refractivity contribution in [3.63, 3.8) is 0 Å². The average molecular weight is 262 g/mol. The van der Waals surface area contributed by atoms with Crippen LogP contribution < -0.4 is 4.74 Å². The summed E-state index contributed by atoms with van der Waals surface area (Å²) in [6, 6.07) is 21.3. The first-order chi connectivity index (χ1) is 9.72. The van der Waals surface area contributed by atoms with E-state index in [-0.39, 0.29) is 5.78 Å². The maximum Gasteiger partial charge on any atom is 0.159 e. The molecule has 0 atom stereocenters. The average Bonchev–Trinajstić information content (AvgIpc) is 2.48. The Labute approximate surface area is 117 Å². The van der Waals surface area contributed by atoms with Crippen molar-refractivity contribution >= 4 is 16.6 Å². The minimum Gasteiger partial charge on any atom is -0.457 e. The largest absolute Gasteiger partial charge is 0.457 e. The van der Waals surface area contributed by atoms with E-state index < -0.39 is 0 Å². The number of benzene rings is 3. The summed E-state index contributed by atoms with van der Waals surface area (Å²) in [6.07, 6.45) is 0. The predicted molar refractivity (Wildman–Crippen MR) is 80.5 cm³/mol. The lowest BCUT2D eigenvalue weighted by Gasteiger charge is -2.07. The van der Waals surface area contributed by atoms with Crippen LogP contribution in [0.5, 0.6) is 11.5 Å². The molecular formula is C18H14O2. The van der Waals surface area contributed by atoms with E-state index in [1.165, 1.54) is 5.39 Å². The highest BCUT2D eigenvalue weighted by molar-refractivity contribution is 5.94. The summed E-state index contributed by atoms with van der Waals surface area (Å²) >= 11 is 0. The van der Waals surface area contributed by atoms with Gasteiger partial charge < -0.3 is 4.74 Å². The van der Waals surface area contributed by atoms with Gasteiger partial charge in [-0.1, -0.05) is 30.3 Å². The molecule has 0 radical (unpaired) electrons. The number of rotatable bonds is 3. The van der Waals surface area contributed by atoms with E-state index >= 15 is 0 Å².